The molecule has 0 spiro atoms. The van der Waals surface area contributed by atoms with E-state index >= 15 is 0 Å². The summed E-state index contributed by atoms with van der Waals surface area (Å²) in [5.41, 5.74) is 4.55. The van der Waals surface area contributed by atoms with Crippen molar-refractivity contribution < 1.29 is 4.79 Å². The Kier molecular flexibility index (Phi) is 4.06. The maximum atomic E-state index is 13.0. The van der Waals surface area contributed by atoms with E-state index in [-0.39, 0.29) is 5.91 Å². The first kappa shape index (κ1) is 15.6. The molecule has 0 unspecified atom stereocenters. The van der Waals surface area contributed by atoms with Gasteiger partial charge in [0.05, 0.1) is 11.1 Å². The van der Waals surface area contributed by atoms with Crippen LogP contribution in [-0.4, -0.2) is 47.0 Å². The molecule has 1 aromatic heterocycles. The number of hydrogen-bond acceptors (Lipinski definition) is 4. The van der Waals surface area contributed by atoms with Crippen molar-refractivity contribution in [1.29, 1.82) is 0 Å². The maximum Gasteiger partial charge on any atom is 0.256 e. The largest absolute Gasteiger partial charge is 0.368 e. The van der Waals surface area contributed by atoms with Gasteiger partial charge in [-0.1, -0.05) is 18.2 Å². The van der Waals surface area contributed by atoms with Gasteiger partial charge < -0.3 is 9.80 Å². The van der Waals surface area contributed by atoms with E-state index in [2.05, 4.69) is 46.1 Å². The van der Waals surface area contributed by atoms with Crippen LogP contribution >= 0.6 is 0 Å². The smallest absolute Gasteiger partial charge is 0.256 e. The number of nitrogens with zero attached hydrogens (tertiary/aromatic N) is 4. The number of anilines is 1. The zero-order valence-corrected chi connectivity index (χ0v) is 14.2. The predicted octanol–water partition coefficient (Wildman–Crippen LogP) is 2.90. The lowest BCUT2D eigenvalue weighted by Gasteiger charge is -2.36. The molecule has 2 heterocycles. The number of amides is 1. The molecule has 4 rings (SSSR count). The van der Waals surface area contributed by atoms with Crippen LogP contribution in [0.3, 0.4) is 0 Å². The quantitative estimate of drug-likeness (QED) is 0.724. The van der Waals surface area contributed by atoms with Gasteiger partial charge >= 0.3 is 0 Å². The second-order valence-corrected chi connectivity index (χ2v) is 6.35. The van der Waals surface area contributed by atoms with Crippen molar-refractivity contribution in [3.05, 3.63) is 66.0 Å². The summed E-state index contributed by atoms with van der Waals surface area (Å²) in [6.45, 7) is 5.20. The number of para-hydroxylation sites is 1. The van der Waals surface area contributed by atoms with Crippen molar-refractivity contribution in [2.75, 3.05) is 31.1 Å². The Bertz CT molecular complexity index is 911. The summed E-state index contributed by atoms with van der Waals surface area (Å²) in [4.78, 5) is 25.8. The summed E-state index contributed by atoms with van der Waals surface area (Å²) in [6.07, 6.45) is 3.28. The second kappa shape index (κ2) is 6.51. The van der Waals surface area contributed by atoms with Crippen molar-refractivity contribution in [2.45, 2.75) is 6.92 Å². The van der Waals surface area contributed by atoms with Gasteiger partial charge in [-0.15, -0.1) is 0 Å². The highest BCUT2D eigenvalue weighted by Crippen LogP contribution is 2.20. The van der Waals surface area contributed by atoms with E-state index < -0.39 is 0 Å². The molecule has 0 aliphatic carbocycles. The predicted molar refractivity (Wildman–Crippen MR) is 98.8 cm³/mol. The second-order valence-electron chi connectivity index (χ2n) is 6.35. The number of aromatic nitrogens is 2. The molecule has 0 N–H and O–H groups in total. The molecule has 1 fully saturated rings. The Hall–Kier alpha value is -2.95. The molecule has 1 amide bonds. The topological polar surface area (TPSA) is 49.3 Å². The van der Waals surface area contributed by atoms with Gasteiger partial charge in [0.2, 0.25) is 0 Å². The fourth-order valence-electron chi connectivity index (χ4n) is 3.33. The van der Waals surface area contributed by atoms with Gasteiger partial charge in [0.25, 0.3) is 5.91 Å². The van der Waals surface area contributed by atoms with Crippen LogP contribution in [0.4, 0.5) is 5.69 Å². The molecule has 1 saturated heterocycles. The van der Waals surface area contributed by atoms with Crippen LogP contribution in [0.1, 0.15) is 15.9 Å². The highest BCUT2D eigenvalue weighted by Gasteiger charge is 2.24. The zero-order valence-electron chi connectivity index (χ0n) is 14.2. The first-order chi connectivity index (χ1) is 12.2. The van der Waals surface area contributed by atoms with E-state index in [4.69, 9.17) is 0 Å². The third kappa shape index (κ3) is 3.05. The number of benzene rings is 2. The van der Waals surface area contributed by atoms with Crippen LogP contribution in [-0.2, 0) is 0 Å². The van der Waals surface area contributed by atoms with Crippen LogP contribution in [0.25, 0.3) is 11.0 Å². The van der Waals surface area contributed by atoms with Crippen molar-refractivity contribution in [3.63, 3.8) is 0 Å². The van der Waals surface area contributed by atoms with E-state index in [0.717, 1.165) is 18.6 Å². The summed E-state index contributed by atoms with van der Waals surface area (Å²) in [5.74, 6) is 0.0370. The number of piperazine rings is 1. The van der Waals surface area contributed by atoms with Crippen LogP contribution in [0.2, 0.25) is 0 Å². The zero-order chi connectivity index (χ0) is 17.2. The third-order valence-electron chi connectivity index (χ3n) is 4.66. The number of carbonyl (C=O) groups excluding carboxylic acids is 1. The fourth-order valence-corrected chi connectivity index (χ4v) is 3.33. The average molecular weight is 332 g/mol. The Labute approximate surface area is 146 Å². The molecule has 0 bridgehead atoms. The summed E-state index contributed by atoms with van der Waals surface area (Å²) < 4.78 is 0. The lowest BCUT2D eigenvalue weighted by molar-refractivity contribution is 0.0748. The van der Waals surface area contributed by atoms with Crippen molar-refractivity contribution in [3.8, 4) is 0 Å². The molecule has 5 nitrogen and oxygen atoms in total. The molecule has 3 aromatic rings. The van der Waals surface area contributed by atoms with Gasteiger partial charge in [-0.2, -0.15) is 0 Å². The number of rotatable bonds is 2. The molecule has 0 atom stereocenters. The van der Waals surface area contributed by atoms with E-state index in [1.807, 2.05) is 23.1 Å². The highest BCUT2D eigenvalue weighted by molar-refractivity contribution is 6.04. The summed E-state index contributed by atoms with van der Waals surface area (Å²) in [6, 6.07) is 14.1. The number of fused-ring (bicyclic) bond motifs is 1. The molecule has 1 aliphatic heterocycles. The van der Waals surface area contributed by atoms with E-state index in [9.17, 15) is 4.79 Å². The van der Waals surface area contributed by atoms with Crippen molar-refractivity contribution in [2.24, 2.45) is 0 Å². The van der Waals surface area contributed by atoms with Gasteiger partial charge in [-0.3, -0.25) is 14.8 Å². The van der Waals surface area contributed by atoms with Gasteiger partial charge in [0, 0.05) is 44.3 Å². The van der Waals surface area contributed by atoms with Crippen LogP contribution in [0, 0.1) is 6.92 Å². The highest BCUT2D eigenvalue weighted by atomic mass is 16.2. The normalized spacial score (nSPS) is 14.8. The Morgan fingerprint density at radius 2 is 1.72 bits per heavy atom. The van der Waals surface area contributed by atoms with E-state index in [0.29, 0.717) is 24.2 Å². The summed E-state index contributed by atoms with van der Waals surface area (Å²) in [5, 5.41) is 0. The molecule has 1 aliphatic rings. The van der Waals surface area contributed by atoms with E-state index in [1.54, 1.807) is 12.4 Å². The molecular weight excluding hydrogens is 312 g/mol. The first-order valence-corrected chi connectivity index (χ1v) is 8.53. The minimum atomic E-state index is 0.0370. The van der Waals surface area contributed by atoms with Gasteiger partial charge in [0.15, 0.2) is 0 Å². The number of carbonyl (C=O) groups is 1. The number of aryl methyl sites for hydroxylation is 1. The van der Waals surface area contributed by atoms with Crippen LogP contribution in [0.15, 0.2) is 54.9 Å². The van der Waals surface area contributed by atoms with Gasteiger partial charge in [-0.25, -0.2) is 0 Å². The van der Waals surface area contributed by atoms with Gasteiger partial charge in [-0.05, 0) is 36.8 Å². The SMILES string of the molecule is Cc1cccc(N2CCN(C(=O)c3cccc4nccnc34)CC2)c1. The third-order valence-corrected chi connectivity index (χ3v) is 4.66. The maximum absolute atomic E-state index is 13.0. The molecule has 0 saturated carbocycles. The minimum absolute atomic E-state index is 0.0370. The van der Waals surface area contributed by atoms with Gasteiger partial charge in [0.1, 0.15) is 5.52 Å². The fraction of sp³-hybridized carbons (Fsp3) is 0.250. The molecule has 2 aromatic carbocycles. The Morgan fingerprint density at radius 3 is 2.52 bits per heavy atom. The first-order valence-electron chi connectivity index (χ1n) is 8.53. The Morgan fingerprint density at radius 1 is 0.960 bits per heavy atom. The van der Waals surface area contributed by atoms with Crippen LogP contribution < -0.4 is 4.90 Å². The minimum Gasteiger partial charge on any atom is -0.368 e. The molecule has 5 heteroatoms. The van der Waals surface area contributed by atoms with Crippen molar-refractivity contribution in [1.82, 2.24) is 14.9 Å². The molecule has 126 valence electrons. The monoisotopic (exact) mass is 332 g/mol. The average Bonchev–Trinajstić information content (AvgIpc) is 2.67. The van der Waals surface area contributed by atoms with E-state index in [1.165, 1.54) is 11.3 Å². The van der Waals surface area contributed by atoms with Crippen molar-refractivity contribution >= 4 is 22.6 Å². The molecule has 0 radical (unpaired) electrons. The lowest BCUT2D eigenvalue weighted by atomic mass is 10.1. The Balaban J connectivity index is 1.51. The molecular formula is C20H20N4O. The summed E-state index contributed by atoms with van der Waals surface area (Å²) >= 11 is 0. The van der Waals surface area contributed by atoms with Crippen LogP contribution in [0.5, 0.6) is 0 Å². The molecule has 25 heavy (non-hydrogen) atoms. The number of hydrogen-bond donors (Lipinski definition) is 0. The standard InChI is InChI=1S/C20H20N4O/c1-15-4-2-5-16(14-15)23-10-12-24(13-11-23)20(25)17-6-3-7-18-19(17)22-9-8-21-18/h2-9,14H,10-13H2,1H3. The summed E-state index contributed by atoms with van der Waals surface area (Å²) in [7, 11) is 0. The lowest BCUT2D eigenvalue weighted by Crippen LogP contribution is -2.48.